The molecule has 0 saturated carbocycles. The van der Waals surface area contributed by atoms with Crippen LogP contribution in [-0.2, 0) is 0 Å². The number of aromatic amines is 1. The Labute approximate surface area is 102 Å². The predicted octanol–water partition coefficient (Wildman–Crippen LogP) is 2.31. The molecule has 0 aliphatic rings. The zero-order chi connectivity index (χ0) is 12.3. The minimum Gasteiger partial charge on any atom is -0.353 e. The van der Waals surface area contributed by atoms with Gasteiger partial charge in [-0.25, -0.2) is 4.98 Å². The van der Waals surface area contributed by atoms with E-state index in [-0.39, 0.29) is 0 Å². The van der Waals surface area contributed by atoms with Crippen molar-refractivity contribution in [1.29, 1.82) is 0 Å². The van der Waals surface area contributed by atoms with Gasteiger partial charge in [0.15, 0.2) is 0 Å². The van der Waals surface area contributed by atoms with Gasteiger partial charge in [0, 0.05) is 6.04 Å². The van der Waals surface area contributed by atoms with Crippen molar-refractivity contribution in [1.82, 2.24) is 14.9 Å². The molecule has 0 bridgehead atoms. The highest BCUT2D eigenvalue weighted by molar-refractivity contribution is 5.77. The van der Waals surface area contributed by atoms with Gasteiger partial charge in [0.05, 0.1) is 11.0 Å². The first kappa shape index (κ1) is 11.9. The molecule has 0 aliphatic heterocycles. The molecule has 0 amide bonds. The van der Waals surface area contributed by atoms with Gasteiger partial charge in [-0.3, -0.25) is 0 Å². The van der Waals surface area contributed by atoms with Crippen LogP contribution in [-0.4, -0.2) is 41.5 Å². The summed E-state index contributed by atoms with van der Waals surface area (Å²) in [6.45, 7) is 3.26. The Kier molecular flexibility index (Phi) is 3.64. The van der Waals surface area contributed by atoms with Crippen molar-refractivity contribution in [2.24, 2.45) is 0 Å². The first-order chi connectivity index (χ1) is 8.15. The van der Waals surface area contributed by atoms with Crippen LogP contribution < -0.4 is 5.32 Å². The van der Waals surface area contributed by atoms with E-state index in [4.69, 9.17) is 0 Å². The van der Waals surface area contributed by atoms with Crippen LogP contribution in [0.2, 0.25) is 0 Å². The fraction of sp³-hybridized carbons (Fsp3) is 0.462. The van der Waals surface area contributed by atoms with Gasteiger partial charge in [0.2, 0.25) is 5.95 Å². The van der Waals surface area contributed by atoms with E-state index in [1.807, 2.05) is 24.3 Å². The average Bonchev–Trinajstić information content (AvgIpc) is 2.68. The summed E-state index contributed by atoms with van der Waals surface area (Å²) >= 11 is 0. The first-order valence-electron chi connectivity index (χ1n) is 6.01. The summed E-state index contributed by atoms with van der Waals surface area (Å²) in [6, 6.07) is 8.49. The number of aromatic nitrogens is 2. The highest BCUT2D eigenvalue weighted by Gasteiger charge is 2.06. The summed E-state index contributed by atoms with van der Waals surface area (Å²) in [5, 5.41) is 3.39. The quantitative estimate of drug-likeness (QED) is 0.831. The number of nitrogens with one attached hydrogen (secondary N) is 2. The van der Waals surface area contributed by atoms with Crippen LogP contribution >= 0.6 is 0 Å². The van der Waals surface area contributed by atoms with Gasteiger partial charge in [-0.05, 0) is 46.1 Å². The van der Waals surface area contributed by atoms with Crippen LogP contribution in [0.3, 0.4) is 0 Å². The lowest BCUT2D eigenvalue weighted by molar-refractivity contribution is 0.390. The van der Waals surface area contributed by atoms with Crippen LogP contribution in [0.5, 0.6) is 0 Å². The average molecular weight is 232 g/mol. The van der Waals surface area contributed by atoms with Crippen LogP contribution in [0.15, 0.2) is 24.3 Å². The fourth-order valence-electron chi connectivity index (χ4n) is 1.78. The third kappa shape index (κ3) is 3.20. The predicted molar refractivity (Wildman–Crippen MR) is 72.3 cm³/mol. The number of nitrogens with zero attached hydrogens (tertiary/aromatic N) is 2. The molecule has 1 heterocycles. The smallest absolute Gasteiger partial charge is 0.201 e. The largest absolute Gasteiger partial charge is 0.353 e. The van der Waals surface area contributed by atoms with Gasteiger partial charge >= 0.3 is 0 Å². The number of para-hydroxylation sites is 2. The number of H-pyrrole nitrogens is 1. The van der Waals surface area contributed by atoms with Crippen molar-refractivity contribution in [3.05, 3.63) is 24.3 Å². The number of fused-ring (bicyclic) bond motifs is 1. The number of hydrogen-bond acceptors (Lipinski definition) is 3. The van der Waals surface area contributed by atoms with Crippen molar-refractivity contribution in [3.8, 4) is 0 Å². The molecule has 2 rings (SSSR count). The Balaban J connectivity index is 1.98. The zero-order valence-electron chi connectivity index (χ0n) is 10.7. The minimum absolute atomic E-state index is 0.415. The van der Waals surface area contributed by atoms with E-state index in [0.29, 0.717) is 6.04 Å². The van der Waals surface area contributed by atoms with Crippen LogP contribution in [0.4, 0.5) is 5.95 Å². The standard InChI is InChI=1S/C13H20N4/c1-10(8-9-17(2)3)14-13-15-11-6-4-5-7-12(11)16-13/h4-7,10H,8-9H2,1-3H3,(H2,14,15,16). The minimum atomic E-state index is 0.415. The van der Waals surface area contributed by atoms with Gasteiger partial charge in [0.25, 0.3) is 0 Å². The fourth-order valence-corrected chi connectivity index (χ4v) is 1.78. The second-order valence-corrected chi connectivity index (χ2v) is 4.74. The number of imidazole rings is 1. The van der Waals surface area contributed by atoms with Crippen LogP contribution in [0.25, 0.3) is 11.0 Å². The molecule has 0 fully saturated rings. The van der Waals surface area contributed by atoms with Crippen LogP contribution in [0, 0.1) is 0 Å². The van der Waals surface area contributed by atoms with Gasteiger partial charge in [-0.1, -0.05) is 12.1 Å². The monoisotopic (exact) mass is 232 g/mol. The molecule has 0 spiro atoms. The molecule has 2 N–H and O–H groups in total. The maximum Gasteiger partial charge on any atom is 0.201 e. The third-order valence-corrected chi connectivity index (χ3v) is 2.78. The Morgan fingerprint density at radius 2 is 2.12 bits per heavy atom. The summed E-state index contributed by atoms with van der Waals surface area (Å²) in [5.41, 5.74) is 2.09. The lowest BCUT2D eigenvalue weighted by Crippen LogP contribution is -2.23. The zero-order valence-corrected chi connectivity index (χ0v) is 10.7. The molecular weight excluding hydrogens is 212 g/mol. The first-order valence-corrected chi connectivity index (χ1v) is 6.01. The van der Waals surface area contributed by atoms with Crippen LogP contribution in [0.1, 0.15) is 13.3 Å². The van der Waals surface area contributed by atoms with Gasteiger partial charge in [0.1, 0.15) is 0 Å². The second-order valence-electron chi connectivity index (χ2n) is 4.74. The molecule has 1 aromatic carbocycles. The molecule has 0 saturated heterocycles. The highest BCUT2D eigenvalue weighted by atomic mass is 15.1. The summed E-state index contributed by atoms with van der Waals surface area (Å²) in [4.78, 5) is 9.97. The maximum atomic E-state index is 4.50. The van der Waals surface area contributed by atoms with Crippen molar-refractivity contribution < 1.29 is 0 Å². The maximum absolute atomic E-state index is 4.50. The molecule has 1 atom stereocenters. The van der Waals surface area contributed by atoms with E-state index in [1.165, 1.54) is 0 Å². The second kappa shape index (κ2) is 5.19. The molecule has 17 heavy (non-hydrogen) atoms. The molecule has 92 valence electrons. The molecule has 1 unspecified atom stereocenters. The van der Waals surface area contributed by atoms with Crippen molar-refractivity contribution >= 4 is 17.0 Å². The number of rotatable bonds is 5. The molecule has 4 nitrogen and oxygen atoms in total. The van der Waals surface area contributed by atoms with Gasteiger partial charge in [-0.15, -0.1) is 0 Å². The lowest BCUT2D eigenvalue weighted by atomic mass is 10.2. The molecular formula is C13H20N4. The number of hydrogen-bond donors (Lipinski definition) is 2. The molecule has 4 heteroatoms. The molecule has 1 aromatic heterocycles. The van der Waals surface area contributed by atoms with Crippen molar-refractivity contribution in [3.63, 3.8) is 0 Å². The molecule has 2 aromatic rings. The van der Waals surface area contributed by atoms with E-state index >= 15 is 0 Å². The van der Waals surface area contributed by atoms with E-state index in [9.17, 15) is 0 Å². The number of anilines is 1. The Hall–Kier alpha value is -1.55. The summed E-state index contributed by atoms with van der Waals surface area (Å²) in [6.07, 6.45) is 1.10. The molecule has 0 aliphatic carbocycles. The van der Waals surface area contributed by atoms with Gasteiger partial charge < -0.3 is 15.2 Å². The molecule has 0 radical (unpaired) electrons. The van der Waals surface area contributed by atoms with E-state index in [1.54, 1.807) is 0 Å². The Morgan fingerprint density at radius 1 is 1.35 bits per heavy atom. The van der Waals surface area contributed by atoms with Crippen molar-refractivity contribution in [2.75, 3.05) is 26.0 Å². The summed E-state index contributed by atoms with van der Waals surface area (Å²) < 4.78 is 0. The Bertz CT molecular complexity index is 442. The van der Waals surface area contributed by atoms with E-state index < -0.39 is 0 Å². The lowest BCUT2D eigenvalue weighted by Gasteiger charge is -2.15. The Morgan fingerprint density at radius 3 is 2.82 bits per heavy atom. The third-order valence-electron chi connectivity index (χ3n) is 2.78. The van der Waals surface area contributed by atoms with E-state index in [2.05, 4.69) is 41.2 Å². The summed E-state index contributed by atoms with van der Waals surface area (Å²) in [7, 11) is 4.18. The van der Waals surface area contributed by atoms with Gasteiger partial charge in [-0.2, -0.15) is 0 Å². The summed E-state index contributed by atoms with van der Waals surface area (Å²) in [5.74, 6) is 0.859. The normalized spacial score (nSPS) is 13.2. The van der Waals surface area contributed by atoms with E-state index in [0.717, 1.165) is 29.9 Å². The number of benzene rings is 1. The SMILES string of the molecule is CC(CCN(C)C)Nc1nc2ccccc2[nH]1. The topological polar surface area (TPSA) is 44.0 Å². The highest BCUT2D eigenvalue weighted by Crippen LogP contribution is 2.14. The van der Waals surface area contributed by atoms with Crippen molar-refractivity contribution in [2.45, 2.75) is 19.4 Å².